The highest BCUT2D eigenvalue weighted by atomic mass is 32.2. The second kappa shape index (κ2) is 7.67. The predicted molar refractivity (Wildman–Crippen MR) is 106 cm³/mol. The van der Waals surface area contributed by atoms with Crippen LogP contribution in [0.15, 0.2) is 30.6 Å². The van der Waals surface area contributed by atoms with E-state index >= 15 is 0 Å². The number of rotatable bonds is 5. The number of carbonyl (C=O) groups is 1. The van der Waals surface area contributed by atoms with Crippen LogP contribution in [0.2, 0.25) is 0 Å². The molecule has 0 radical (unpaired) electrons. The smallest absolute Gasteiger partial charge is 0.222 e. The van der Waals surface area contributed by atoms with Crippen molar-refractivity contribution in [2.24, 2.45) is 0 Å². The van der Waals surface area contributed by atoms with Crippen LogP contribution in [0.1, 0.15) is 41.8 Å². The summed E-state index contributed by atoms with van der Waals surface area (Å²) in [6, 6.07) is 7.62. The van der Waals surface area contributed by atoms with Crippen molar-refractivity contribution in [2.45, 2.75) is 51.6 Å². The van der Waals surface area contributed by atoms with E-state index in [1.165, 1.54) is 0 Å². The number of aryl methyl sites for hydroxylation is 2. The fraction of sp³-hybridized carbons (Fsp3) is 0.500. The van der Waals surface area contributed by atoms with Gasteiger partial charge in [-0.1, -0.05) is 29.8 Å². The molecule has 0 saturated carbocycles. The van der Waals surface area contributed by atoms with Crippen molar-refractivity contribution in [2.75, 3.05) is 13.1 Å². The van der Waals surface area contributed by atoms with Crippen molar-refractivity contribution < 1.29 is 13.2 Å². The van der Waals surface area contributed by atoms with Gasteiger partial charge in [0, 0.05) is 26.1 Å². The van der Waals surface area contributed by atoms with Crippen LogP contribution in [0.4, 0.5) is 0 Å². The normalized spacial score (nSPS) is 18.3. The molecule has 150 valence electrons. The van der Waals surface area contributed by atoms with Gasteiger partial charge in [0.05, 0.1) is 36.6 Å². The summed E-state index contributed by atoms with van der Waals surface area (Å²) in [6.45, 7) is 4.75. The standard InChI is InChI=1S/C20H26N4O3S/c1-16-5-7-17(8-6-16)14-28(26,27)24-11-3-10-23-15-21-18(19(23)13-24)12-22-9-2-4-20(22)25/h5-8,15H,2-4,9-14H2,1H3. The molecule has 1 fully saturated rings. The van der Waals surface area contributed by atoms with E-state index < -0.39 is 10.0 Å². The molecule has 3 heterocycles. The molecule has 0 unspecified atom stereocenters. The fourth-order valence-electron chi connectivity index (χ4n) is 3.90. The molecule has 2 aliphatic heterocycles. The fourth-order valence-corrected chi connectivity index (χ4v) is 5.42. The maximum absolute atomic E-state index is 13.1. The first kappa shape index (κ1) is 19.1. The van der Waals surface area contributed by atoms with Gasteiger partial charge in [-0.3, -0.25) is 4.79 Å². The quantitative estimate of drug-likeness (QED) is 0.767. The van der Waals surface area contributed by atoms with Gasteiger partial charge in [-0.05, 0) is 25.3 Å². The molecule has 28 heavy (non-hydrogen) atoms. The van der Waals surface area contributed by atoms with E-state index in [1.807, 2.05) is 40.7 Å². The van der Waals surface area contributed by atoms with Crippen LogP contribution in [-0.4, -0.2) is 46.2 Å². The summed E-state index contributed by atoms with van der Waals surface area (Å²) >= 11 is 0. The number of carbonyl (C=O) groups excluding carboxylic acids is 1. The predicted octanol–water partition coefficient (Wildman–Crippen LogP) is 2.05. The van der Waals surface area contributed by atoms with E-state index in [0.29, 0.717) is 26.1 Å². The van der Waals surface area contributed by atoms with Crippen LogP contribution in [0, 0.1) is 6.92 Å². The zero-order valence-corrected chi connectivity index (χ0v) is 17.0. The van der Waals surface area contributed by atoms with Gasteiger partial charge in [-0.2, -0.15) is 4.31 Å². The molecule has 0 aliphatic carbocycles. The molecule has 1 aromatic heterocycles. The number of imidazole rings is 1. The van der Waals surface area contributed by atoms with Crippen LogP contribution in [0.3, 0.4) is 0 Å². The van der Waals surface area contributed by atoms with Gasteiger partial charge in [0.2, 0.25) is 15.9 Å². The molecule has 0 atom stereocenters. The number of sulfonamides is 1. The van der Waals surface area contributed by atoms with Crippen LogP contribution < -0.4 is 0 Å². The maximum Gasteiger partial charge on any atom is 0.222 e. The summed E-state index contributed by atoms with van der Waals surface area (Å²) in [5.41, 5.74) is 3.63. The number of benzene rings is 1. The van der Waals surface area contributed by atoms with Gasteiger partial charge >= 0.3 is 0 Å². The van der Waals surface area contributed by atoms with Gasteiger partial charge in [0.25, 0.3) is 0 Å². The minimum absolute atomic E-state index is 0.00135. The van der Waals surface area contributed by atoms with Gasteiger partial charge in [-0.25, -0.2) is 13.4 Å². The summed E-state index contributed by atoms with van der Waals surface area (Å²) in [7, 11) is -3.44. The third kappa shape index (κ3) is 3.98. The van der Waals surface area contributed by atoms with E-state index in [4.69, 9.17) is 0 Å². The van der Waals surface area contributed by atoms with Crippen molar-refractivity contribution in [3.05, 3.63) is 53.1 Å². The molecule has 1 amide bonds. The third-order valence-corrected chi connectivity index (χ3v) is 7.34. The Morgan fingerprint density at radius 3 is 2.57 bits per heavy atom. The average molecular weight is 403 g/mol. The molecule has 4 rings (SSSR count). The second-order valence-electron chi connectivity index (χ2n) is 7.68. The SMILES string of the molecule is Cc1ccc(CS(=O)(=O)N2CCCn3cnc(CN4CCCC4=O)c3C2)cc1. The van der Waals surface area contributed by atoms with Crippen LogP contribution >= 0.6 is 0 Å². The summed E-state index contributed by atoms with van der Waals surface area (Å²) < 4.78 is 29.7. The summed E-state index contributed by atoms with van der Waals surface area (Å²) in [4.78, 5) is 18.3. The molecular weight excluding hydrogens is 376 g/mol. The van der Waals surface area contributed by atoms with Crippen molar-refractivity contribution in [1.29, 1.82) is 0 Å². The second-order valence-corrected chi connectivity index (χ2v) is 9.65. The largest absolute Gasteiger partial charge is 0.337 e. The van der Waals surface area contributed by atoms with Crippen molar-refractivity contribution in [3.63, 3.8) is 0 Å². The Hall–Kier alpha value is -2.19. The molecule has 0 N–H and O–H groups in total. The first-order valence-electron chi connectivity index (χ1n) is 9.76. The number of hydrogen-bond acceptors (Lipinski definition) is 4. The highest BCUT2D eigenvalue weighted by Crippen LogP contribution is 2.23. The van der Waals surface area contributed by atoms with Crippen LogP contribution in [0.5, 0.6) is 0 Å². The highest BCUT2D eigenvalue weighted by molar-refractivity contribution is 7.88. The van der Waals surface area contributed by atoms with Gasteiger partial charge in [0.1, 0.15) is 0 Å². The molecule has 8 heteroatoms. The molecule has 2 aliphatic rings. The van der Waals surface area contributed by atoms with E-state index in [9.17, 15) is 13.2 Å². The minimum Gasteiger partial charge on any atom is -0.337 e. The summed E-state index contributed by atoms with van der Waals surface area (Å²) in [6.07, 6.45) is 4.00. The Bertz CT molecular complexity index is 966. The van der Waals surface area contributed by atoms with Crippen molar-refractivity contribution in [3.8, 4) is 0 Å². The van der Waals surface area contributed by atoms with E-state index in [1.54, 1.807) is 10.6 Å². The van der Waals surface area contributed by atoms with Gasteiger partial charge < -0.3 is 9.47 Å². The first-order chi connectivity index (χ1) is 13.4. The number of fused-ring (bicyclic) bond motifs is 1. The lowest BCUT2D eigenvalue weighted by molar-refractivity contribution is -0.128. The van der Waals surface area contributed by atoms with Gasteiger partial charge in [-0.15, -0.1) is 0 Å². The van der Waals surface area contributed by atoms with E-state index in [-0.39, 0.29) is 11.7 Å². The number of amides is 1. The van der Waals surface area contributed by atoms with E-state index in [2.05, 4.69) is 4.98 Å². The first-order valence-corrected chi connectivity index (χ1v) is 11.4. The Morgan fingerprint density at radius 2 is 1.86 bits per heavy atom. The molecule has 7 nitrogen and oxygen atoms in total. The monoisotopic (exact) mass is 402 g/mol. The summed E-state index contributed by atoms with van der Waals surface area (Å²) in [5.74, 6) is 0.153. The number of likely N-dealkylation sites (tertiary alicyclic amines) is 1. The van der Waals surface area contributed by atoms with Gasteiger partial charge in [0.15, 0.2) is 0 Å². The minimum atomic E-state index is -3.44. The van der Waals surface area contributed by atoms with E-state index in [0.717, 1.165) is 48.4 Å². The molecule has 0 bridgehead atoms. The van der Waals surface area contributed by atoms with Crippen LogP contribution in [0.25, 0.3) is 0 Å². The summed E-state index contributed by atoms with van der Waals surface area (Å²) in [5, 5.41) is 0. The Labute approximate surface area is 166 Å². The number of hydrogen-bond donors (Lipinski definition) is 0. The molecule has 2 aromatic rings. The molecule has 0 spiro atoms. The Balaban J connectivity index is 1.54. The topological polar surface area (TPSA) is 75.5 Å². The Morgan fingerprint density at radius 1 is 1.07 bits per heavy atom. The zero-order valence-electron chi connectivity index (χ0n) is 16.2. The molecule has 1 saturated heterocycles. The lowest BCUT2D eigenvalue weighted by atomic mass is 10.2. The van der Waals surface area contributed by atoms with Crippen LogP contribution in [-0.2, 0) is 40.2 Å². The third-order valence-electron chi connectivity index (χ3n) is 5.54. The maximum atomic E-state index is 13.1. The highest BCUT2D eigenvalue weighted by Gasteiger charge is 2.29. The number of aromatic nitrogens is 2. The molecular formula is C20H26N4O3S. The lowest BCUT2D eigenvalue weighted by Gasteiger charge is -2.21. The number of nitrogens with zero attached hydrogens (tertiary/aromatic N) is 4. The Kier molecular flexibility index (Phi) is 5.25. The van der Waals surface area contributed by atoms with Crippen molar-refractivity contribution >= 4 is 15.9 Å². The lowest BCUT2D eigenvalue weighted by Crippen LogP contribution is -2.32. The van der Waals surface area contributed by atoms with Crippen molar-refractivity contribution in [1.82, 2.24) is 18.8 Å². The zero-order chi connectivity index (χ0) is 19.7. The average Bonchev–Trinajstić information content (AvgIpc) is 3.15. The molecule has 1 aromatic carbocycles.